The minimum atomic E-state index is -0.540. The summed E-state index contributed by atoms with van der Waals surface area (Å²) in [6, 6.07) is 23.7. The number of fused-ring (bicyclic) bond motifs is 3. The number of piperidine rings is 3. The highest BCUT2D eigenvalue weighted by Gasteiger charge is 2.56. The fourth-order valence-electron chi connectivity index (χ4n) is 4.79. The maximum atomic E-state index is 10.5. The van der Waals surface area contributed by atoms with Crippen molar-refractivity contribution in [2.24, 2.45) is 5.41 Å². The molecule has 2 aromatic rings. The van der Waals surface area contributed by atoms with Crippen LogP contribution in [-0.4, -0.2) is 24.5 Å². The number of nitrogens with zero attached hydrogens (tertiary/aromatic N) is 2. The molecule has 0 saturated carbocycles. The van der Waals surface area contributed by atoms with Crippen molar-refractivity contribution in [3.8, 4) is 6.07 Å². The number of hydrogen-bond acceptors (Lipinski definition) is 2. The fourth-order valence-corrected chi connectivity index (χ4v) is 4.79. The second kappa shape index (κ2) is 5.51. The summed E-state index contributed by atoms with van der Waals surface area (Å²) in [7, 11) is 0. The Kier molecular flexibility index (Phi) is 3.47. The van der Waals surface area contributed by atoms with E-state index in [1.165, 1.54) is 0 Å². The average molecular weight is 302 g/mol. The summed E-state index contributed by atoms with van der Waals surface area (Å²) in [5, 5.41) is 10.5. The van der Waals surface area contributed by atoms with Gasteiger partial charge in [-0.05, 0) is 50.0 Å². The molecular formula is C21H22N2. The molecule has 0 unspecified atom stereocenters. The van der Waals surface area contributed by atoms with Crippen LogP contribution in [0, 0.1) is 16.7 Å². The van der Waals surface area contributed by atoms with Crippen LogP contribution in [0.4, 0.5) is 0 Å². The van der Waals surface area contributed by atoms with Gasteiger partial charge in [0.1, 0.15) is 5.41 Å². The van der Waals surface area contributed by atoms with Crippen molar-refractivity contribution in [1.29, 1.82) is 5.26 Å². The van der Waals surface area contributed by atoms with Gasteiger partial charge in [-0.1, -0.05) is 60.7 Å². The van der Waals surface area contributed by atoms with Crippen LogP contribution in [0.25, 0.3) is 0 Å². The van der Waals surface area contributed by atoms with Gasteiger partial charge in [0.2, 0.25) is 0 Å². The predicted octanol–water partition coefficient (Wildman–Crippen LogP) is 3.98. The summed E-state index contributed by atoms with van der Waals surface area (Å²) >= 11 is 0. The maximum absolute atomic E-state index is 10.5. The molecule has 2 heteroatoms. The highest BCUT2D eigenvalue weighted by atomic mass is 15.1. The monoisotopic (exact) mass is 302 g/mol. The molecule has 3 heterocycles. The van der Waals surface area contributed by atoms with E-state index < -0.39 is 5.41 Å². The Bertz CT molecular complexity index is 653. The molecule has 116 valence electrons. The van der Waals surface area contributed by atoms with Gasteiger partial charge in [-0.3, -0.25) is 0 Å². The molecule has 3 fully saturated rings. The second-order valence-corrected chi connectivity index (χ2v) is 6.97. The number of nitriles is 1. The summed E-state index contributed by atoms with van der Waals surface area (Å²) in [6.45, 7) is 3.38. The van der Waals surface area contributed by atoms with Crippen LogP contribution in [0.5, 0.6) is 0 Å². The van der Waals surface area contributed by atoms with E-state index in [0.717, 1.165) is 50.0 Å². The molecular weight excluding hydrogens is 280 g/mol. The van der Waals surface area contributed by atoms with Gasteiger partial charge in [0.15, 0.2) is 0 Å². The van der Waals surface area contributed by atoms with E-state index in [0.29, 0.717) is 0 Å². The van der Waals surface area contributed by atoms with Gasteiger partial charge < -0.3 is 4.90 Å². The van der Waals surface area contributed by atoms with Crippen LogP contribution in [0.3, 0.4) is 0 Å². The Labute approximate surface area is 138 Å². The lowest BCUT2D eigenvalue weighted by Gasteiger charge is -2.56. The molecule has 0 aromatic heterocycles. The number of rotatable bonds is 3. The topological polar surface area (TPSA) is 27.0 Å². The van der Waals surface area contributed by atoms with E-state index in [1.54, 1.807) is 0 Å². The van der Waals surface area contributed by atoms with Crippen molar-refractivity contribution in [3.63, 3.8) is 0 Å². The van der Waals surface area contributed by atoms with Crippen molar-refractivity contribution in [3.05, 3.63) is 71.8 Å². The van der Waals surface area contributed by atoms with E-state index in [-0.39, 0.29) is 5.41 Å². The van der Waals surface area contributed by atoms with Gasteiger partial charge >= 0.3 is 0 Å². The molecule has 23 heavy (non-hydrogen) atoms. The first kappa shape index (κ1) is 14.5. The molecule has 0 aliphatic carbocycles. The molecule has 2 aromatic carbocycles. The molecule has 3 saturated heterocycles. The van der Waals surface area contributed by atoms with Crippen LogP contribution in [0.1, 0.15) is 30.4 Å². The van der Waals surface area contributed by atoms with Crippen LogP contribution >= 0.6 is 0 Å². The van der Waals surface area contributed by atoms with E-state index >= 15 is 0 Å². The standard InChI is InChI=1S/C21H22N2/c22-17-21(18-7-3-1-4-8-18,19-9-5-2-6-10-19)20-11-14-23(15-12-20)16-13-20/h1-10H,11-16H2. The zero-order valence-electron chi connectivity index (χ0n) is 13.4. The van der Waals surface area contributed by atoms with Crippen molar-refractivity contribution in [1.82, 2.24) is 4.90 Å². The third-order valence-corrected chi connectivity index (χ3v) is 6.10. The second-order valence-electron chi connectivity index (χ2n) is 6.97. The molecule has 3 aliphatic rings. The zero-order chi connectivity index (χ0) is 15.8. The Morgan fingerprint density at radius 2 is 1.22 bits per heavy atom. The van der Waals surface area contributed by atoms with E-state index in [9.17, 15) is 5.26 Å². The Hall–Kier alpha value is -2.11. The lowest BCUT2D eigenvalue weighted by Crippen LogP contribution is -2.57. The van der Waals surface area contributed by atoms with E-state index in [2.05, 4.69) is 59.5 Å². The van der Waals surface area contributed by atoms with Crippen molar-refractivity contribution in [2.45, 2.75) is 24.7 Å². The Balaban J connectivity index is 1.96. The molecule has 2 bridgehead atoms. The predicted molar refractivity (Wildman–Crippen MR) is 92.0 cm³/mol. The van der Waals surface area contributed by atoms with Crippen LogP contribution < -0.4 is 0 Å². The summed E-state index contributed by atoms with van der Waals surface area (Å²) in [6.07, 6.45) is 3.35. The Morgan fingerprint density at radius 1 is 0.783 bits per heavy atom. The molecule has 2 nitrogen and oxygen atoms in total. The van der Waals surface area contributed by atoms with Gasteiger partial charge in [0.25, 0.3) is 0 Å². The minimum absolute atomic E-state index is 0.0548. The van der Waals surface area contributed by atoms with Crippen molar-refractivity contribution in [2.75, 3.05) is 19.6 Å². The third-order valence-electron chi connectivity index (χ3n) is 6.10. The summed E-state index contributed by atoms with van der Waals surface area (Å²) in [5.41, 5.74) is 1.83. The molecule has 5 rings (SSSR count). The van der Waals surface area contributed by atoms with Gasteiger partial charge in [-0.15, -0.1) is 0 Å². The fraction of sp³-hybridized carbons (Fsp3) is 0.381. The van der Waals surface area contributed by atoms with E-state index in [4.69, 9.17) is 0 Å². The molecule has 0 spiro atoms. The molecule has 0 radical (unpaired) electrons. The smallest absolute Gasteiger partial charge is 0.113 e. The SMILES string of the molecule is N#CC(c1ccccc1)(c1ccccc1)C12CCN(CC1)CC2. The number of hydrogen-bond donors (Lipinski definition) is 0. The quantitative estimate of drug-likeness (QED) is 0.857. The maximum Gasteiger partial charge on any atom is 0.113 e. The van der Waals surface area contributed by atoms with Crippen LogP contribution in [-0.2, 0) is 5.41 Å². The lowest BCUT2D eigenvalue weighted by atomic mass is 9.51. The largest absolute Gasteiger partial charge is 0.303 e. The van der Waals surface area contributed by atoms with E-state index in [1.807, 2.05) is 12.1 Å². The normalized spacial score (nSPS) is 26.7. The first-order valence-corrected chi connectivity index (χ1v) is 8.55. The van der Waals surface area contributed by atoms with Crippen LogP contribution in [0.15, 0.2) is 60.7 Å². The third kappa shape index (κ3) is 2.04. The van der Waals surface area contributed by atoms with Gasteiger partial charge in [0.05, 0.1) is 6.07 Å². The Morgan fingerprint density at radius 3 is 1.61 bits per heavy atom. The average Bonchev–Trinajstić information content (AvgIpc) is 2.66. The molecule has 0 N–H and O–H groups in total. The lowest BCUT2D eigenvalue weighted by molar-refractivity contribution is -0.00601. The molecule has 0 atom stereocenters. The zero-order valence-corrected chi connectivity index (χ0v) is 13.4. The minimum Gasteiger partial charge on any atom is -0.303 e. The number of benzene rings is 2. The van der Waals surface area contributed by atoms with Crippen molar-refractivity contribution < 1.29 is 0 Å². The first-order valence-electron chi connectivity index (χ1n) is 8.55. The van der Waals surface area contributed by atoms with Gasteiger partial charge in [-0.25, -0.2) is 0 Å². The highest BCUT2D eigenvalue weighted by Crippen LogP contribution is 2.56. The summed E-state index contributed by atoms with van der Waals surface area (Å²) in [4.78, 5) is 2.54. The highest BCUT2D eigenvalue weighted by molar-refractivity contribution is 5.49. The van der Waals surface area contributed by atoms with Crippen LogP contribution in [0.2, 0.25) is 0 Å². The molecule has 0 amide bonds. The summed E-state index contributed by atoms with van der Waals surface area (Å²) < 4.78 is 0. The molecule has 3 aliphatic heterocycles. The first-order chi connectivity index (χ1) is 11.3. The summed E-state index contributed by atoms with van der Waals surface area (Å²) in [5.74, 6) is 0. The van der Waals surface area contributed by atoms with Crippen molar-refractivity contribution >= 4 is 0 Å². The van der Waals surface area contributed by atoms with Gasteiger partial charge in [-0.2, -0.15) is 5.26 Å². The van der Waals surface area contributed by atoms with Gasteiger partial charge in [0, 0.05) is 5.41 Å².